The molecule has 9 aromatic rings. The van der Waals surface area contributed by atoms with E-state index in [0.29, 0.717) is 0 Å². The summed E-state index contributed by atoms with van der Waals surface area (Å²) in [6, 6.07) is 64.0. The van der Waals surface area contributed by atoms with E-state index in [0.717, 1.165) is 94.9 Å². The molecular weight excluding hydrogens is 633 g/mol. The topological polar surface area (TPSA) is 27.1 Å². The molecule has 0 atom stereocenters. The second-order valence-corrected chi connectivity index (χ2v) is 13.2. The van der Waals surface area contributed by atoms with Crippen LogP contribution in [-0.4, -0.2) is 9.55 Å². The van der Waals surface area contributed by atoms with Gasteiger partial charge in [-0.2, -0.15) is 0 Å². The smallest absolute Gasteiger partial charge is 0.145 e. The molecule has 0 amide bonds. The zero-order valence-electron chi connectivity index (χ0n) is 28.3. The van der Waals surface area contributed by atoms with Gasteiger partial charge in [-0.05, 0) is 81.2 Å². The van der Waals surface area contributed by atoms with Gasteiger partial charge in [0.1, 0.15) is 17.3 Å². The lowest BCUT2D eigenvalue weighted by Gasteiger charge is -2.18. The van der Waals surface area contributed by atoms with Crippen molar-refractivity contribution < 1.29 is 4.74 Å². The molecule has 8 aromatic carbocycles. The van der Waals surface area contributed by atoms with Crippen LogP contribution in [0.15, 0.2) is 182 Å². The molecule has 1 aliphatic heterocycles. The molecule has 52 heavy (non-hydrogen) atoms. The third kappa shape index (κ3) is 5.10. The molecular formula is C49H32N2O. The van der Waals surface area contributed by atoms with Crippen molar-refractivity contribution in [2.24, 2.45) is 0 Å². The Bertz CT molecular complexity index is 2810. The average Bonchev–Trinajstić information content (AvgIpc) is 3.59. The van der Waals surface area contributed by atoms with Crippen LogP contribution in [0.4, 0.5) is 0 Å². The Kier molecular flexibility index (Phi) is 7.14. The first-order valence-corrected chi connectivity index (χ1v) is 17.6. The van der Waals surface area contributed by atoms with Gasteiger partial charge in [-0.25, -0.2) is 4.98 Å². The Balaban J connectivity index is 1.19. The van der Waals surface area contributed by atoms with Gasteiger partial charge in [-0.1, -0.05) is 152 Å². The van der Waals surface area contributed by atoms with Crippen LogP contribution in [0.25, 0.3) is 84.4 Å². The van der Waals surface area contributed by atoms with Crippen molar-refractivity contribution >= 4 is 34.0 Å². The number of hydrogen-bond donors (Lipinski definition) is 0. The second kappa shape index (κ2) is 12.4. The lowest BCUT2D eigenvalue weighted by atomic mass is 9.91. The molecule has 0 saturated heterocycles. The van der Waals surface area contributed by atoms with Gasteiger partial charge in [0.2, 0.25) is 0 Å². The number of fused-ring (bicyclic) bond motifs is 9. The number of ether oxygens (including phenoxy) is 1. The fourth-order valence-corrected chi connectivity index (χ4v) is 7.51. The second-order valence-electron chi connectivity index (χ2n) is 13.2. The highest BCUT2D eigenvalue weighted by Gasteiger charge is 2.20. The quantitative estimate of drug-likeness (QED) is 0.188. The monoisotopic (exact) mass is 664 g/mol. The summed E-state index contributed by atoms with van der Waals surface area (Å²) in [5.74, 6) is 2.60. The lowest BCUT2D eigenvalue weighted by molar-refractivity contribution is 0.492. The molecule has 0 bridgehead atoms. The Labute approximate surface area is 302 Å². The SMILES string of the molecule is C1=Cc2ccc(-c3ccc4c(c3)nc(-c3ccccc3)n4-c3ccccc3)cc2-c2ccc3ccccc3c2Oc2ccccc2-c2ccccc21. The number of rotatable bonds is 3. The summed E-state index contributed by atoms with van der Waals surface area (Å²) >= 11 is 0. The van der Waals surface area contributed by atoms with Crippen molar-refractivity contribution in [3.8, 4) is 62.0 Å². The molecule has 0 radical (unpaired) electrons. The first-order chi connectivity index (χ1) is 25.8. The fraction of sp³-hybridized carbons (Fsp3) is 0. The van der Waals surface area contributed by atoms with Crippen molar-refractivity contribution in [2.45, 2.75) is 0 Å². The van der Waals surface area contributed by atoms with Gasteiger partial charge in [0.15, 0.2) is 0 Å². The minimum atomic E-state index is 0.828. The van der Waals surface area contributed by atoms with Crippen molar-refractivity contribution in [1.29, 1.82) is 0 Å². The van der Waals surface area contributed by atoms with E-state index >= 15 is 0 Å². The molecule has 0 spiro atoms. The summed E-state index contributed by atoms with van der Waals surface area (Å²) in [4.78, 5) is 5.24. The zero-order valence-corrected chi connectivity index (χ0v) is 28.3. The summed E-state index contributed by atoms with van der Waals surface area (Å²) in [7, 11) is 0. The third-order valence-electron chi connectivity index (χ3n) is 10.0. The maximum Gasteiger partial charge on any atom is 0.145 e. The van der Waals surface area contributed by atoms with Gasteiger partial charge in [-0.3, -0.25) is 4.57 Å². The van der Waals surface area contributed by atoms with Gasteiger partial charge in [0.05, 0.1) is 11.0 Å². The predicted octanol–water partition coefficient (Wildman–Crippen LogP) is 13.1. The normalized spacial score (nSPS) is 11.9. The van der Waals surface area contributed by atoms with Crippen molar-refractivity contribution in [1.82, 2.24) is 9.55 Å². The molecule has 1 aromatic heterocycles. The molecule has 0 fully saturated rings. The number of hydrogen-bond acceptors (Lipinski definition) is 2. The first-order valence-electron chi connectivity index (χ1n) is 17.6. The van der Waals surface area contributed by atoms with E-state index in [1.807, 2.05) is 18.2 Å². The van der Waals surface area contributed by atoms with Crippen LogP contribution in [0.5, 0.6) is 11.5 Å². The summed E-state index contributed by atoms with van der Waals surface area (Å²) in [5, 5.41) is 2.21. The highest BCUT2D eigenvalue weighted by molar-refractivity contribution is 5.99. The van der Waals surface area contributed by atoms with Crippen LogP contribution in [0.1, 0.15) is 11.1 Å². The minimum Gasteiger partial charge on any atom is -0.455 e. The highest BCUT2D eigenvalue weighted by Crippen LogP contribution is 2.46. The summed E-state index contributed by atoms with van der Waals surface area (Å²) in [6.45, 7) is 0. The maximum atomic E-state index is 7.06. The average molecular weight is 665 g/mol. The minimum absolute atomic E-state index is 0.828. The molecule has 1 aliphatic rings. The molecule has 0 unspecified atom stereocenters. The van der Waals surface area contributed by atoms with E-state index in [4.69, 9.17) is 9.72 Å². The van der Waals surface area contributed by atoms with Crippen molar-refractivity contribution in [2.75, 3.05) is 0 Å². The summed E-state index contributed by atoms with van der Waals surface area (Å²) in [5.41, 5.74) is 13.0. The highest BCUT2D eigenvalue weighted by atomic mass is 16.5. The van der Waals surface area contributed by atoms with E-state index in [9.17, 15) is 0 Å². The number of nitrogens with zero attached hydrogens (tertiary/aromatic N) is 2. The third-order valence-corrected chi connectivity index (χ3v) is 10.0. The van der Waals surface area contributed by atoms with Crippen LogP contribution in [-0.2, 0) is 0 Å². The summed E-state index contributed by atoms with van der Waals surface area (Å²) in [6.07, 6.45) is 4.46. The molecule has 3 heteroatoms. The van der Waals surface area contributed by atoms with Gasteiger partial charge >= 0.3 is 0 Å². The van der Waals surface area contributed by atoms with Crippen LogP contribution in [0.2, 0.25) is 0 Å². The zero-order chi connectivity index (χ0) is 34.4. The lowest BCUT2D eigenvalue weighted by Crippen LogP contribution is -1.97. The van der Waals surface area contributed by atoms with Crippen molar-refractivity contribution in [3.05, 3.63) is 193 Å². The number of para-hydroxylation sites is 2. The van der Waals surface area contributed by atoms with E-state index in [2.05, 4.69) is 181 Å². The van der Waals surface area contributed by atoms with Crippen LogP contribution in [0.3, 0.4) is 0 Å². The first kappa shape index (κ1) is 29.9. The van der Waals surface area contributed by atoms with E-state index in [-0.39, 0.29) is 0 Å². The Hall–Kier alpha value is -6.97. The van der Waals surface area contributed by atoms with Crippen LogP contribution in [0, 0.1) is 0 Å². The molecule has 0 N–H and O–H groups in total. The number of aromatic nitrogens is 2. The number of imidazole rings is 1. The van der Waals surface area contributed by atoms with E-state index in [1.54, 1.807) is 0 Å². The van der Waals surface area contributed by atoms with E-state index in [1.165, 1.54) is 0 Å². The van der Waals surface area contributed by atoms with Crippen LogP contribution < -0.4 is 4.74 Å². The van der Waals surface area contributed by atoms with E-state index < -0.39 is 0 Å². The molecule has 10 rings (SSSR count). The Morgan fingerprint density at radius 1 is 0.442 bits per heavy atom. The molecule has 0 aliphatic carbocycles. The van der Waals surface area contributed by atoms with Gasteiger partial charge in [-0.15, -0.1) is 0 Å². The number of benzene rings is 8. The van der Waals surface area contributed by atoms with Gasteiger partial charge in [0, 0.05) is 27.8 Å². The van der Waals surface area contributed by atoms with Crippen LogP contribution >= 0.6 is 0 Å². The largest absolute Gasteiger partial charge is 0.455 e. The standard InChI is InChI=1S/C49H32N2O/c1-3-15-36(16-4-1)49-50-45-32-38(28-30-46(45)51(49)39-17-5-2-6-18-39)37-26-25-35-24-23-33-13-7-9-19-40(33)42-21-11-12-22-47(42)52-48-41-20-10-8-14-34(41)27-29-43(48)44(35)31-37/h1-32H. The Morgan fingerprint density at radius 3 is 1.98 bits per heavy atom. The fourth-order valence-electron chi connectivity index (χ4n) is 7.51. The molecule has 0 saturated carbocycles. The maximum absolute atomic E-state index is 7.06. The van der Waals surface area contributed by atoms with Gasteiger partial charge in [0.25, 0.3) is 0 Å². The summed E-state index contributed by atoms with van der Waals surface area (Å²) < 4.78 is 9.32. The molecule has 244 valence electrons. The van der Waals surface area contributed by atoms with Crippen molar-refractivity contribution in [3.63, 3.8) is 0 Å². The molecule has 3 nitrogen and oxygen atoms in total. The Morgan fingerprint density at radius 2 is 1.12 bits per heavy atom. The predicted molar refractivity (Wildman–Crippen MR) is 216 cm³/mol. The molecule has 2 heterocycles. The van der Waals surface area contributed by atoms with Gasteiger partial charge < -0.3 is 4.74 Å².